The Balaban J connectivity index is 1.74. The molecule has 2 saturated carbocycles. The summed E-state index contributed by atoms with van der Waals surface area (Å²) < 4.78 is 5.71. The van der Waals surface area contributed by atoms with Crippen molar-refractivity contribution >= 4 is 0 Å². The summed E-state index contributed by atoms with van der Waals surface area (Å²) in [6.45, 7) is 4.29. The zero-order valence-corrected chi connectivity index (χ0v) is 10.2. The Morgan fingerprint density at radius 2 is 2.12 bits per heavy atom. The van der Waals surface area contributed by atoms with E-state index in [2.05, 4.69) is 18.3 Å². The van der Waals surface area contributed by atoms with Crippen molar-refractivity contribution in [3.05, 3.63) is 0 Å². The first kappa shape index (κ1) is 11.9. The van der Waals surface area contributed by atoms with Gasteiger partial charge in [-0.05, 0) is 37.6 Å². The molecule has 90 valence electrons. The molecule has 0 spiro atoms. The fourth-order valence-electron chi connectivity index (χ4n) is 2.26. The second kappa shape index (κ2) is 5.16. The van der Waals surface area contributed by atoms with Gasteiger partial charge in [0.25, 0.3) is 0 Å². The predicted molar refractivity (Wildman–Crippen MR) is 62.9 cm³/mol. The number of nitrogens with zero attached hydrogens (tertiary/aromatic N) is 1. The smallest absolute Gasteiger partial charge is 0.133 e. The van der Waals surface area contributed by atoms with Crippen molar-refractivity contribution in [3.8, 4) is 6.07 Å². The molecule has 16 heavy (non-hydrogen) atoms. The Morgan fingerprint density at radius 1 is 1.38 bits per heavy atom. The summed E-state index contributed by atoms with van der Waals surface area (Å²) in [7, 11) is 0. The Hall–Kier alpha value is -0.590. The maximum absolute atomic E-state index is 9.35. The summed E-state index contributed by atoms with van der Waals surface area (Å²) in [4.78, 5) is 0. The monoisotopic (exact) mass is 222 g/mol. The molecule has 2 rings (SSSR count). The van der Waals surface area contributed by atoms with Crippen molar-refractivity contribution in [2.24, 2.45) is 11.8 Å². The van der Waals surface area contributed by atoms with Crippen molar-refractivity contribution in [1.29, 1.82) is 5.26 Å². The first-order valence-corrected chi connectivity index (χ1v) is 6.55. The molecule has 0 heterocycles. The number of nitrogens with one attached hydrogen (secondary N) is 1. The maximum atomic E-state index is 9.35. The molecule has 0 saturated heterocycles. The molecule has 1 atom stereocenters. The van der Waals surface area contributed by atoms with Crippen LogP contribution < -0.4 is 5.32 Å². The van der Waals surface area contributed by atoms with Gasteiger partial charge in [-0.1, -0.05) is 19.8 Å². The molecule has 2 aliphatic rings. The van der Waals surface area contributed by atoms with E-state index >= 15 is 0 Å². The van der Waals surface area contributed by atoms with Crippen LogP contribution in [0.4, 0.5) is 0 Å². The normalized spacial score (nSPS) is 23.8. The number of hydrogen-bond acceptors (Lipinski definition) is 3. The third kappa shape index (κ3) is 2.96. The Bertz CT molecular complexity index is 266. The summed E-state index contributed by atoms with van der Waals surface area (Å²) >= 11 is 0. The van der Waals surface area contributed by atoms with Crippen LogP contribution in [0.15, 0.2) is 0 Å². The third-order valence-corrected chi connectivity index (χ3v) is 3.66. The summed E-state index contributed by atoms with van der Waals surface area (Å²) in [5, 5.41) is 12.7. The van der Waals surface area contributed by atoms with Crippen LogP contribution in [0.2, 0.25) is 0 Å². The van der Waals surface area contributed by atoms with E-state index in [0.29, 0.717) is 12.5 Å². The topological polar surface area (TPSA) is 45.0 Å². The molecule has 1 unspecified atom stereocenters. The standard InChI is InChI=1S/C13H22N2O/c1-2-15-13(9-14,12-5-6-12)10-16-8-7-11-3-4-11/h11-12,15H,2-8,10H2,1H3. The van der Waals surface area contributed by atoms with Crippen LogP contribution in [0.1, 0.15) is 39.0 Å². The lowest BCUT2D eigenvalue weighted by Gasteiger charge is -2.27. The molecular weight excluding hydrogens is 200 g/mol. The number of hydrogen-bond donors (Lipinski definition) is 1. The summed E-state index contributed by atoms with van der Waals surface area (Å²) in [6, 6.07) is 2.45. The largest absolute Gasteiger partial charge is 0.378 e. The minimum atomic E-state index is -0.404. The second-order valence-corrected chi connectivity index (χ2v) is 5.17. The molecule has 1 N–H and O–H groups in total. The lowest BCUT2D eigenvalue weighted by Crippen LogP contribution is -2.50. The van der Waals surface area contributed by atoms with E-state index in [1.165, 1.54) is 32.1 Å². The van der Waals surface area contributed by atoms with Crippen molar-refractivity contribution in [1.82, 2.24) is 5.32 Å². The van der Waals surface area contributed by atoms with Crippen molar-refractivity contribution in [3.63, 3.8) is 0 Å². The fraction of sp³-hybridized carbons (Fsp3) is 0.923. The van der Waals surface area contributed by atoms with Crippen LogP contribution >= 0.6 is 0 Å². The Kier molecular flexibility index (Phi) is 3.83. The highest BCUT2D eigenvalue weighted by molar-refractivity contribution is 5.15. The van der Waals surface area contributed by atoms with Gasteiger partial charge in [-0.3, -0.25) is 5.32 Å². The highest BCUT2D eigenvalue weighted by Crippen LogP contribution is 2.39. The molecule has 2 aliphatic carbocycles. The molecule has 3 nitrogen and oxygen atoms in total. The minimum absolute atomic E-state index is 0.404. The third-order valence-electron chi connectivity index (χ3n) is 3.66. The zero-order chi connectivity index (χ0) is 11.4. The molecule has 3 heteroatoms. The predicted octanol–water partition coefficient (Wildman–Crippen LogP) is 2.08. The van der Waals surface area contributed by atoms with E-state index in [-0.39, 0.29) is 0 Å². The van der Waals surface area contributed by atoms with Gasteiger partial charge in [0.15, 0.2) is 0 Å². The molecule has 0 aromatic carbocycles. The van der Waals surface area contributed by atoms with Crippen molar-refractivity contribution < 1.29 is 4.74 Å². The molecular formula is C13H22N2O. The highest BCUT2D eigenvalue weighted by atomic mass is 16.5. The average Bonchev–Trinajstić information content (AvgIpc) is 3.16. The van der Waals surface area contributed by atoms with Crippen LogP contribution in [0.5, 0.6) is 0 Å². The van der Waals surface area contributed by atoms with E-state index < -0.39 is 5.54 Å². The molecule has 0 radical (unpaired) electrons. The van der Waals surface area contributed by atoms with Crippen LogP contribution in [0, 0.1) is 23.2 Å². The number of likely N-dealkylation sites (N-methyl/N-ethyl adjacent to an activating group) is 1. The van der Waals surface area contributed by atoms with E-state index in [9.17, 15) is 5.26 Å². The number of ether oxygens (including phenoxy) is 1. The molecule has 0 aliphatic heterocycles. The number of rotatable bonds is 8. The minimum Gasteiger partial charge on any atom is -0.378 e. The number of nitriles is 1. The van der Waals surface area contributed by atoms with E-state index in [0.717, 1.165) is 19.1 Å². The first-order valence-electron chi connectivity index (χ1n) is 6.55. The molecule has 0 bridgehead atoms. The van der Waals surface area contributed by atoms with Crippen LogP contribution in [0.25, 0.3) is 0 Å². The lowest BCUT2D eigenvalue weighted by molar-refractivity contribution is 0.0775. The van der Waals surface area contributed by atoms with Gasteiger partial charge in [0.05, 0.1) is 12.7 Å². The van der Waals surface area contributed by atoms with Gasteiger partial charge in [0.2, 0.25) is 0 Å². The summed E-state index contributed by atoms with van der Waals surface area (Å²) in [5.74, 6) is 1.43. The van der Waals surface area contributed by atoms with Crippen molar-refractivity contribution in [2.75, 3.05) is 19.8 Å². The van der Waals surface area contributed by atoms with Gasteiger partial charge in [0.1, 0.15) is 5.54 Å². The van der Waals surface area contributed by atoms with Crippen LogP contribution in [-0.4, -0.2) is 25.3 Å². The van der Waals surface area contributed by atoms with E-state index in [4.69, 9.17) is 4.74 Å². The van der Waals surface area contributed by atoms with Gasteiger partial charge < -0.3 is 4.74 Å². The van der Waals surface area contributed by atoms with E-state index in [1.807, 2.05) is 0 Å². The molecule has 0 aromatic rings. The highest BCUT2D eigenvalue weighted by Gasteiger charge is 2.45. The molecule has 2 fully saturated rings. The average molecular weight is 222 g/mol. The second-order valence-electron chi connectivity index (χ2n) is 5.17. The maximum Gasteiger partial charge on any atom is 0.133 e. The van der Waals surface area contributed by atoms with Gasteiger partial charge >= 0.3 is 0 Å². The van der Waals surface area contributed by atoms with Crippen LogP contribution in [0.3, 0.4) is 0 Å². The summed E-state index contributed by atoms with van der Waals surface area (Å²) in [6.07, 6.45) is 6.28. The van der Waals surface area contributed by atoms with Gasteiger partial charge in [-0.15, -0.1) is 0 Å². The quantitative estimate of drug-likeness (QED) is 0.640. The van der Waals surface area contributed by atoms with Gasteiger partial charge in [0, 0.05) is 6.61 Å². The Morgan fingerprint density at radius 3 is 2.62 bits per heavy atom. The zero-order valence-electron chi connectivity index (χ0n) is 10.2. The SMILES string of the molecule is CCNC(C#N)(COCCC1CC1)C1CC1. The lowest BCUT2D eigenvalue weighted by atomic mass is 9.96. The van der Waals surface area contributed by atoms with Crippen molar-refractivity contribution in [2.45, 2.75) is 44.6 Å². The Labute approximate surface area is 98.2 Å². The van der Waals surface area contributed by atoms with Gasteiger partial charge in [-0.2, -0.15) is 5.26 Å². The van der Waals surface area contributed by atoms with Gasteiger partial charge in [-0.25, -0.2) is 0 Å². The van der Waals surface area contributed by atoms with Crippen LogP contribution in [-0.2, 0) is 4.74 Å². The summed E-state index contributed by atoms with van der Waals surface area (Å²) in [5.41, 5.74) is -0.404. The molecule has 0 amide bonds. The first-order chi connectivity index (χ1) is 7.80. The fourth-order valence-corrected chi connectivity index (χ4v) is 2.26. The van der Waals surface area contributed by atoms with E-state index in [1.54, 1.807) is 0 Å². The molecule has 0 aromatic heterocycles.